The van der Waals surface area contributed by atoms with Gasteiger partial charge in [-0.2, -0.15) is 0 Å². The standard InChI is InChI=1S/C30H25N3O6S/c1-2-39-30(36)22-8-12-23(13-9-22)32-29(35)27(20-6-4-3-5-7-20)40-26-18-14-24(15-19-26)31-28(34)21-10-16-25(17-11-21)33(37)38/h3-19,27H,2H2,1H3,(H,31,34)(H,32,35). The number of carbonyl (C=O) groups excluding carboxylic acids is 3. The maximum Gasteiger partial charge on any atom is 0.338 e. The van der Waals surface area contributed by atoms with E-state index in [1.165, 1.54) is 36.0 Å². The van der Waals surface area contributed by atoms with E-state index in [9.17, 15) is 24.5 Å². The highest BCUT2D eigenvalue weighted by Gasteiger charge is 2.22. The summed E-state index contributed by atoms with van der Waals surface area (Å²) in [5.41, 5.74) is 2.49. The predicted molar refractivity (Wildman–Crippen MR) is 154 cm³/mol. The zero-order valence-electron chi connectivity index (χ0n) is 21.4. The summed E-state index contributed by atoms with van der Waals surface area (Å²) >= 11 is 1.35. The van der Waals surface area contributed by atoms with Gasteiger partial charge in [0.25, 0.3) is 11.6 Å². The third kappa shape index (κ3) is 7.33. The molecule has 1 atom stereocenters. The summed E-state index contributed by atoms with van der Waals surface area (Å²) in [6.45, 7) is 2.01. The lowest BCUT2D eigenvalue weighted by atomic mass is 10.1. The summed E-state index contributed by atoms with van der Waals surface area (Å²) in [5, 5.41) is 15.9. The van der Waals surface area contributed by atoms with Gasteiger partial charge in [0.05, 0.1) is 17.1 Å². The van der Waals surface area contributed by atoms with Gasteiger partial charge in [-0.3, -0.25) is 19.7 Å². The Morgan fingerprint density at radius 2 is 1.38 bits per heavy atom. The van der Waals surface area contributed by atoms with Crippen molar-refractivity contribution in [3.8, 4) is 0 Å². The molecule has 0 fully saturated rings. The molecule has 0 radical (unpaired) electrons. The van der Waals surface area contributed by atoms with Gasteiger partial charge < -0.3 is 15.4 Å². The van der Waals surface area contributed by atoms with Gasteiger partial charge in [0.15, 0.2) is 0 Å². The third-order valence-electron chi connectivity index (χ3n) is 5.71. The van der Waals surface area contributed by atoms with Crippen LogP contribution in [0.15, 0.2) is 108 Å². The first-order chi connectivity index (χ1) is 19.3. The van der Waals surface area contributed by atoms with Crippen LogP contribution in [0.25, 0.3) is 0 Å². The van der Waals surface area contributed by atoms with Crippen LogP contribution in [0.1, 0.15) is 38.5 Å². The lowest BCUT2D eigenvalue weighted by molar-refractivity contribution is -0.384. The summed E-state index contributed by atoms with van der Waals surface area (Å²) < 4.78 is 5.00. The van der Waals surface area contributed by atoms with Gasteiger partial charge >= 0.3 is 5.97 Å². The molecule has 202 valence electrons. The first-order valence-electron chi connectivity index (χ1n) is 12.3. The van der Waals surface area contributed by atoms with Crippen molar-refractivity contribution in [2.45, 2.75) is 17.1 Å². The number of nitro benzene ring substituents is 1. The molecule has 4 aromatic carbocycles. The van der Waals surface area contributed by atoms with E-state index in [2.05, 4.69) is 10.6 Å². The van der Waals surface area contributed by atoms with Gasteiger partial charge in [-0.1, -0.05) is 30.3 Å². The number of hydrogen-bond acceptors (Lipinski definition) is 7. The molecular weight excluding hydrogens is 530 g/mol. The number of ether oxygens (including phenoxy) is 1. The fourth-order valence-corrected chi connectivity index (χ4v) is 4.73. The molecule has 2 N–H and O–H groups in total. The second-order valence-electron chi connectivity index (χ2n) is 8.48. The van der Waals surface area contributed by atoms with Gasteiger partial charge in [0, 0.05) is 34.0 Å². The molecule has 4 aromatic rings. The normalized spacial score (nSPS) is 11.2. The molecule has 0 heterocycles. The first kappa shape index (κ1) is 28.1. The second kappa shape index (κ2) is 13.2. The number of esters is 1. The molecule has 0 spiro atoms. The van der Waals surface area contributed by atoms with E-state index in [0.29, 0.717) is 22.5 Å². The van der Waals surface area contributed by atoms with E-state index >= 15 is 0 Å². The average Bonchev–Trinajstić information content (AvgIpc) is 2.97. The topological polar surface area (TPSA) is 128 Å². The summed E-state index contributed by atoms with van der Waals surface area (Å²) in [7, 11) is 0. The van der Waals surface area contributed by atoms with Crippen LogP contribution in [0.5, 0.6) is 0 Å². The Morgan fingerprint density at radius 3 is 1.98 bits per heavy atom. The molecule has 0 aromatic heterocycles. The van der Waals surface area contributed by atoms with E-state index in [1.807, 2.05) is 30.3 Å². The SMILES string of the molecule is CCOC(=O)c1ccc(NC(=O)C(Sc2ccc(NC(=O)c3ccc([N+](=O)[O-])cc3)cc2)c2ccccc2)cc1. The van der Waals surface area contributed by atoms with Crippen LogP contribution >= 0.6 is 11.8 Å². The van der Waals surface area contributed by atoms with Gasteiger partial charge in [-0.05, 0) is 73.2 Å². The smallest absolute Gasteiger partial charge is 0.338 e. The quantitative estimate of drug-likeness (QED) is 0.0990. The number of anilines is 2. The van der Waals surface area contributed by atoms with E-state index in [0.717, 1.165) is 10.5 Å². The van der Waals surface area contributed by atoms with Crippen LogP contribution in [-0.4, -0.2) is 29.3 Å². The highest BCUT2D eigenvalue weighted by molar-refractivity contribution is 8.00. The maximum atomic E-state index is 13.4. The molecule has 4 rings (SSSR count). The number of benzene rings is 4. The largest absolute Gasteiger partial charge is 0.462 e. The van der Waals surface area contributed by atoms with Crippen molar-refractivity contribution < 1.29 is 24.0 Å². The maximum absolute atomic E-state index is 13.4. The number of non-ortho nitro benzene ring substituents is 1. The number of nitro groups is 1. The number of nitrogens with one attached hydrogen (secondary N) is 2. The van der Waals surface area contributed by atoms with Crippen molar-refractivity contribution in [1.29, 1.82) is 0 Å². The van der Waals surface area contributed by atoms with Crippen molar-refractivity contribution in [3.63, 3.8) is 0 Å². The number of nitrogens with zero attached hydrogens (tertiary/aromatic N) is 1. The Kier molecular flexibility index (Phi) is 9.27. The number of rotatable bonds is 10. The molecular formula is C30H25N3O6S. The second-order valence-corrected chi connectivity index (χ2v) is 9.66. The fourth-order valence-electron chi connectivity index (χ4n) is 3.70. The van der Waals surface area contributed by atoms with Gasteiger partial charge in [0.2, 0.25) is 5.91 Å². The Bertz CT molecular complexity index is 1490. The minimum Gasteiger partial charge on any atom is -0.462 e. The molecule has 2 amide bonds. The number of hydrogen-bond donors (Lipinski definition) is 2. The number of amides is 2. The summed E-state index contributed by atoms with van der Waals surface area (Å²) in [6, 6.07) is 28.2. The van der Waals surface area contributed by atoms with Gasteiger partial charge in [-0.15, -0.1) is 11.8 Å². The molecule has 40 heavy (non-hydrogen) atoms. The molecule has 0 bridgehead atoms. The fraction of sp³-hybridized carbons (Fsp3) is 0.100. The molecule has 1 unspecified atom stereocenters. The van der Waals surface area contributed by atoms with E-state index in [1.54, 1.807) is 55.5 Å². The Morgan fingerprint density at radius 1 is 0.800 bits per heavy atom. The van der Waals surface area contributed by atoms with Crippen LogP contribution in [0.4, 0.5) is 17.1 Å². The third-order valence-corrected chi connectivity index (χ3v) is 6.98. The van der Waals surface area contributed by atoms with Crippen molar-refractivity contribution in [2.75, 3.05) is 17.2 Å². The van der Waals surface area contributed by atoms with Crippen LogP contribution in [-0.2, 0) is 9.53 Å². The number of carbonyl (C=O) groups is 3. The predicted octanol–water partition coefficient (Wildman–Crippen LogP) is 6.50. The van der Waals surface area contributed by atoms with Crippen molar-refractivity contribution in [3.05, 3.63) is 130 Å². The molecule has 0 aliphatic heterocycles. The lowest BCUT2D eigenvalue weighted by Crippen LogP contribution is -2.19. The summed E-state index contributed by atoms with van der Waals surface area (Å²) in [6.07, 6.45) is 0. The molecule has 0 aliphatic rings. The average molecular weight is 556 g/mol. The highest BCUT2D eigenvalue weighted by atomic mass is 32.2. The van der Waals surface area contributed by atoms with Crippen molar-refractivity contribution in [2.24, 2.45) is 0 Å². The van der Waals surface area contributed by atoms with Gasteiger partial charge in [-0.25, -0.2) is 4.79 Å². The van der Waals surface area contributed by atoms with Crippen LogP contribution in [0, 0.1) is 10.1 Å². The first-order valence-corrected chi connectivity index (χ1v) is 13.2. The van der Waals surface area contributed by atoms with Gasteiger partial charge in [0.1, 0.15) is 5.25 Å². The molecule has 0 aliphatic carbocycles. The van der Waals surface area contributed by atoms with E-state index in [-0.39, 0.29) is 18.2 Å². The summed E-state index contributed by atoms with van der Waals surface area (Å²) in [5.74, 6) is -1.06. The highest BCUT2D eigenvalue weighted by Crippen LogP contribution is 2.36. The minimum atomic E-state index is -0.577. The Balaban J connectivity index is 1.44. The monoisotopic (exact) mass is 555 g/mol. The molecule has 10 heteroatoms. The Hall–Kier alpha value is -4.96. The van der Waals surface area contributed by atoms with Crippen molar-refractivity contribution >= 4 is 46.6 Å². The molecule has 0 saturated heterocycles. The minimum absolute atomic E-state index is 0.0939. The lowest BCUT2D eigenvalue weighted by Gasteiger charge is -2.17. The summed E-state index contributed by atoms with van der Waals surface area (Å²) in [4.78, 5) is 48.9. The van der Waals surface area contributed by atoms with E-state index in [4.69, 9.17) is 4.74 Å². The Labute approximate surface area is 234 Å². The zero-order chi connectivity index (χ0) is 28.5. The molecule has 0 saturated carbocycles. The van der Waals surface area contributed by atoms with Crippen LogP contribution in [0.3, 0.4) is 0 Å². The van der Waals surface area contributed by atoms with E-state index < -0.39 is 22.0 Å². The van der Waals surface area contributed by atoms with Crippen molar-refractivity contribution in [1.82, 2.24) is 0 Å². The van der Waals surface area contributed by atoms with Crippen LogP contribution in [0.2, 0.25) is 0 Å². The zero-order valence-corrected chi connectivity index (χ0v) is 22.2. The molecule has 9 nitrogen and oxygen atoms in total. The number of thioether (sulfide) groups is 1. The van der Waals surface area contributed by atoms with Crippen LogP contribution < -0.4 is 10.6 Å².